The fourth-order valence-electron chi connectivity index (χ4n) is 2.80. The third kappa shape index (κ3) is 5.25. The standard InChI is InChI=1S/C22H18N4O3S2/c1-2-29-21(28)15-8-9-16-18(10-15)31-22(25-16)26-19(27)12-30-20-11-17(23-13-24-20)14-6-4-3-5-7-14/h3-11,13H,2,12H2,1H3,(H,25,26,27). The molecule has 0 saturated heterocycles. The second-order valence-corrected chi connectivity index (χ2v) is 8.39. The fourth-order valence-corrected chi connectivity index (χ4v) is 4.39. The maximum absolute atomic E-state index is 12.4. The highest BCUT2D eigenvalue weighted by atomic mass is 32.2. The van der Waals surface area contributed by atoms with Crippen LogP contribution in [0.5, 0.6) is 0 Å². The number of amides is 1. The third-order valence-electron chi connectivity index (χ3n) is 4.21. The molecule has 2 aromatic heterocycles. The lowest BCUT2D eigenvalue weighted by atomic mass is 10.1. The molecular formula is C22H18N4O3S2. The van der Waals surface area contributed by atoms with Crippen LogP contribution < -0.4 is 5.32 Å². The molecule has 0 spiro atoms. The van der Waals surface area contributed by atoms with Crippen molar-refractivity contribution in [3.63, 3.8) is 0 Å². The van der Waals surface area contributed by atoms with Gasteiger partial charge in [0.15, 0.2) is 5.13 Å². The Bertz CT molecular complexity index is 1230. The molecule has 0 unspecified atom stereocenters. The number of thiazole rings is 1. The van der Waals surface area contributed by atoms with E-state index in [1.165, 1.54) is 29.4 Å². The van der Waals surface area contributed by atoms with Gasteiger partial charge < -0.3 is 10.1 Å². The van der Waals surface area contributed by atoms with Gasteiger partial charge in [-0.1, -0.05) is 53.4 Å². The van der Waals surface area contributed by atoms with Crippen molar-refractivity contribution in [3.8, 4) is 11.3 Å². The number of rotatable bonds is 7. The summed E-state index contributed by atoms with van der Waals surface area (Å²) in [4.78, 5) is 37.2. The monoisotopic (exact) mass is 450 g/mol. The lowest BCUT2D eigenvalue weighted by Crippen LogP contribution is -2.13. The number of aromatic nitrogens is 3. The van der Waals surface area contributed by atoms with E-state index < -0.39 is 0 Å². The largest absolute Gasteiger partial charge is 0.462 e. The summed E-state index contributed by atoms with van der Waals surface area (Å²) in [6, 6.07) is 16.8. The van der Waals surface area contributed by atoms with Gasteiger partial charge in [-0.25, -0.2) is 19.7 Å². The van der Waals surface area contributed by atoms with Gasteiger partial charge >= 0.3 is 5.97 Å². The summed E-state index contributed by atoms with van der Waals surface area (Å²) in [7, 11) is 0. The summed E-state index contributed by atoms with van der Waals surface area (Å²) in [6.45, 7) is 2.08. The van der Waals surface area contributed by atoms with E-state index in [4.69, 9.17) is 4.74 Å². The Hall–Kier alpha value is -3.30. The van der Waals surface area contributed by atoms with Crippen LogP contribution in [0, 0.1) is 0 Å². The van der Waals surface area contributed by atoms with Crippen LogP contribution in [0.4, 0.5) is 5.13 Å². The van der Waals surface area contributed by atoms with Crippen molar-refractivity contribution >= 4 is 50.3 Å². The van der Waals surface area contributed by atoms with Crippen LogP contribution in [0.15, 0.2) is 66.0 Å². The van der Waals surface area contributed by atoms with Crippen molar-refractivity contribution in [1.82, 2.24) is 15.0 Å². The van der Waals surface area contributed by atoms with Crippen LogP contribution in [0.25, 0.3) is 21.5 Å². The molecule has 1 N–H and O–H groups in total. The highest BCUT2D eigenvalue weighted by Crippen LogP contribution is 2.28. The zero-order chi connectivity index (χ0) is 21.6. The summed E-state index contributed by atoms with van der Waals surface area (Å²) in [5.41, 5.74) is 2.98. The number of carbonyl (C=O) groups is 2. The number of fused-ring (bicyclic) bond motifs is 1. The number of nitrogens with zero attached hydrogens (tertiary/aromatic N) is 3. The molecule has 0 atom stereocenters. The zero-order valence-electron chi connectivity index (χ0n) is 16.6. The van der Waals surface area contributed by atoms with Crippen molar-refractivity contribution < 1.29 is 14.3 Å². The molecule has 0 aliphatic carbocycles. The quantitative estimate of drug-likeness (QED) is 0.249. The van der Waals surface area contributed by atoms with Crippen molar-refractivity contribution in [3.05, 3.63) is 66.5 Å². The number of nitrogens with one attached hydrogen (secondary N) is 1. The van der Waals surface area contributed by atoms with E-state index in [9.17, 15) is 9.59 Å². The molecule has 31 heavy (non-hydrogen) atoms. The predicted molar refractivity (Wildman–Crippen MR) is 122 cm³/mol. The van der Waals surface area contributed by atoms with Crippen LogP contribution in [-0.4, -0.2) is 39.2 Å². The van der Waals surface area contributed by atoms with Gasteiger partial charge in [-0.3, -0.25) is 4.79 Å². The van der Waals surface area contributed by atoms with Crippen molar-refractivity contribution in [2.75, 3.05) is 17.7 Å². The fraction of sp³-hybridized carbons (Fsp3) is 0.136. The summed E-state index contributed by atoms with van der Waals surface area (Å²) in [6.07, 6.45) is 1.50. The lowest BCUT2D eigenvalue weighted by Gasteiger charge is -2.04. The Balaban J connectivity index is 1.39. The first-order valence-electron chi connectivity index (χ1n) is 9.50. The predicted octanol–water partition coefficient (Wildman–Crippen LogP) is 4.66. The smallest absolute Gasteiger partial charge is 0.338 e. The molecule has 4 rings (SSSR count). The van der Waals surface area contributed by atoms with Crippen molar-refractivity contribution in [2.24, 2.45) is 0 Å². The molecule has 1 amide bonds. The van der Waals surface area contributed by atoms with Gasteiger partial charge in [0.25, 0.3) is 0 Å². The maximum Gasteiger partial charge on any atom is 0.338 e. The first-order valence-corrected chi connectivity index (χ1v) is 11.3. The molecule has 2 aromatic carbocycles. The number of hydrogen-bond donors (Lipinski definition) is 1. The second-order valence-electron chi connectivity index (χ2n) is 6.37. The van der Waals surface area contributed by atoms with Crippen molar-refractivity contribution in [2.45, 2.75) is 11.9 Å². The number of carbonyl (C=O) groups excluding carboxylic acids is 2. The highest BCUT2D eigenvalue weighted by molar-refractivity contribution is 7.99. The van der Waals surface area contributed by atoms with Gasteiger partial charge in [0.05, 0.1) is 33.8 Å². The normalized spacial score (nSPS) is 10.7. The summed E-state index contributed by atoms with van der Waals surface area (Å²) in [5, 5.41) is 4.01. The molecule has 2 heterocycles. The Morgan fingerprint density at radius 2 is 1.94 bits per heavy atom. The van der Waals surface area contributed by atoms with Crippen LogP contribution in [0.3, 0.4) is 0 Å². The van der Waals surface area contributed by atoms with Gasteiger partial charge in [0.1, 0.15) is 11.4 Å². The summed E-state index contributed by atoms with van der Waals surface area (Å²) < 4.78 is 5.82. The maximum atomic E-state index is 12.4. The molecule has 0 aliphatic heterocycles. The molecule has 4 aromatic rings. The minimum atomic E-state index is -0.375. The average molecular weight is 451 g/mol. The van der Waals surface area contributed by atoms with Gasteiger partial charge in [0, 0.05) is 5.56 Å². The molecule has 156 valence electrons. The minimum absolute atomic E-state index is 0.186. The summed E-state index contributed by atoms with van der Waals surface area (Å²) in [5.74, 6) is -0.371. The molecular weight excluding hydrogens is 432 g/mol. The number of hydrogen-bond acceptors (Lipinski definition) is 8. The van der Waals surface area contributed by atoms with Gasteiger partial charge in [-0.05, 0) is 31.2 Å². The van der Waals surface area contributed by atoms with Crippen molar-refractivity contribution in [1.29, 1.82) is 0 Å². The third-order valence-corrected chi connectivity index (χ3v) is 6.07. The first kappa shape index (κ1) is 21.0. The van der Waals surface area contributed by atoms with Crippen LogP contribution in [0.2, 0.25) is 0 Å². The van der Waals surface area contributed by atoms with Crippen LogP contribution >= 0.6 is 23.1 Å². The van der Waals surface area contributed by atoms with E-state index in [1.807, 2.05) is 36.4 Å². The van der Waals surface area contributed by atoms with Gasteiger partial charge in [0.2, 0.25) is 5.91 Å². The molecule has 9 heteroatoms. The molecule has 7 nitrogen and oxygen atoms in total. The SMILES string of the molecule is CCOC(=O)c1ccc2nc(NC(=O)CSc3cc(-c4ccccc4)ncn3)sc2c1. The molecule has 0 radical (unpaired) electrons. The molecule has 0 bridgehead atoms. The Morgan fingerprint density at radius 1 is 1.10 bits per heavy atom. The van der Waals surface area contributed by atoms with Crippen LogP contribution in [0.1, 0.15) is 17.3 Å². The van der Waals surface area contributed by atoms with Gasteiger partial charge in [-0.15, -0.1) is 0 Å². The van der Waals surface area contributed by atoms with Gasteiger partial charge in [-0.2, -0.15) is 0 Å². The Labute approximate surface area is 186 Å². The minimum Gasteiger partial charge on any atom is -0.462 e. The Kier molecular flexibility index (Phi) is 6.54. The van der Waals surface area contributed by atoms with E-state index in [0.29, 0.717) is 27.8 Å². The second kappa shape index (κ2) is 9.67. The Morgan fingerprint density at radius 3 is 2.74 bits per heavy atom. The van der Waals surface area contributed by atoms with E-state index in [1.54, 1.807) is 25.1 Å². The van der Waals surface area contributed by atoms with E-state index in [2.05, 4.69) is 20.3 Å². The number of anilines is 1. The first-order chi connectivity index (χ1) is 15.1. The zero-order valence-corrected chi connectivity index (χ0v) is 18.2. The van der Waals surface area contributed by atoms with Crippen LogP contribution in [-0.2, 0) is 9.53 Å². The number of ether oxygens (including phenoxy) is 1. The summed E-state index contributed by atoms with van der Waals surface area (Å²) >= 11 is 2.64. The molecule has 0 saturated carbocycles. The van der Waals surface area contributed by atoms with E-state index >= 15 is 0 Å². The molecule has 0 fully saturated rings. The number of benzene rings is 2. The van der Waals surface area contributed by atoms with E-state index in [0.717, 1.165) is 16.0 Å². The molecule has 0 aliphatic rings. The highest BCUT2D eigenvalue weighted by Gasteiger charge is 2.12. The number of thioether (sulfide) groups is 1. The average Bonchev–Trinajstić information content (AvgIpc) is 3.20. The topological polar surface area (TPSA) is 94.1 Å². The number of esters is 1. The lowest BCUT2D eigenvalue weighted by molar-refractivity contribution is -0.113. The van der Waals surface area contributed by atoms with E-state index in [-0.39, 0.29) is 17.6 Å².